The molecular weight excluding hydrogens is 312 g/mol. The van der Waals surface area contributed by atoms with E-state index in [-0.39, 0.29) is 11.2 Å². The molecule has 6 nitrogen and oxygen atoms in total. The zero-order valence-corrected chi connectivity index (χ0v) is 15.8. The van der Waals surface area contributed by atoms with Crippen molar-refractivity contribution in [2.75, 3.05) is 32.7 Å². The van der Waals surface area contributed by atoms with Crippen LogP contribution in [0.1, 0.15) is 39.2 Å². The summed E-state index contributed by atoms with van der Waals surface area (Å²) < 4.78 is 2.28. The average Bonchev–Trinajstić information content (AvgIpc) is 2.90. The molecule has 0 aliphatic carbocycles. The molecule has 25 heavy (non-hydrogen) atoms. The summed E-state index contributed by atoms with van der Waals surface area (Å²) in [4.78, 5) is 13.6. The van der Waals surface area contributed by atoms with E-state index in [0.717, 1.165) is 56.8 Å². The normalized spacial score (nSPS) is 17.1. The largest absolute Gasteiger partial charge is 0.328 e. The van der Waals surface area contributed by atoms with Crippen LogP contribution in [0.4, 0.5) is 0 Å². The summed E-state index contributed by atoms with van der Waals surface area (Å²) in [5.41, 5.74) is 2.28. The lowest BCUT2D eigenvalue weighted by Crippen LogP contribution is -2.45. The molecule has 3 rings (SSSR count). The fourth-order valence-electron chi connectivity index (χ4n) is 3.42. The second-order valence-electron chi connectivity index (χ2n) is 8.08. The maximum Gasteiger partial charge on any atom is 0.234 e. The Bertz CT molecular complexity index is 772. The quantitative estimate of drug-likeness (QED) is 0.856. The van der Waals surface area contributed by atoms with E-state index in [1.807, 2.05) is 0 Å². The highest BCUT2D eigenvalue weighted by atomic mass is 15.3. The molecule has 1 aliphatic rings. The van der Waals surface area contributed by atoms with Crippen LogP contribution in [0, 0.1) is 16.7 Å². The van der Waals surface area contributed by atoms with Crippen molar-refractivity contribution >= 4 is 11.0 Å². The molecule has 2 aromatic heterocycles. The van der Waals surface area contributed by atoms with Crippen LogP contribution in [-0.2, 0) is 13.1 Å². The smallest absolute Gasteiger partial charge is 0.234 e. The third-order valence-electron chi connectivity index (χ3n) is 4.75. The topological polar surface area (TPSA) is 61.0 Å². The van der Waals surface area contributed by atoms with Crippen molar-refractivity contribution in [3.05, 3.63) is 23.8 Å². The third kappa shape index (κ3) is 4.17. The van der Waals surface area contributed by atoms with E-state index in [2.05, 4.69) is 64.2 Å². The lowest BCUT2D eigenvalue weighted by atomic mass is 9.97. The average molecular weight is 340 g/mol. The van der Waals surface area contributed by atoms with Crippen molar-refractivity contribution < 1.29 is 0 Å². The monoisotopic (exact) mass is 340 g/mol. The van der Waals surface area contributed by atoms with Gasteiger partial charge in [0.2, 0.25) is 5.82 Å². The molecule has 134 valence electrons. The lowest BCUT2D eigenvalue weighted by Gasteiger charge is -2.34. The number of hydrogen-bond acceptors (Lipinski definition) is 5. The predicted molar refractivity (Wildman–Crippen MR) is 99.1 cm³/mol. The molecule has 0 aromatic carbocycles. The number of aromatic nitrogens is 3. The number of rotatable bonds is 4. The van der Waals surface area contributed by atoms with Crippen molar-refractivity contribution in [2.24, 2.45) is 5.41 Å². The number of nitriles is 1. The molecule has 1 fully saturated rings. The van der Waals surface area contributed by atoms with Crippen LogP contribution in [0.25, 0.3) is 11.0 Å². The highest BCUT2D eigenvalue weighted by molar-refractivity contribution is 5.77. The predicted octanol–water partition coefficient (Wildman–Crippen LogP) is 2.49. The fraction of sp³-hybridized carbons (Fsp3) is 0.632. The summed E-state index contributed by atoms with van der Waals surface area (Å²) in [5, 5.41) is 10.2. The second-order valence-corrected chi connectivity index (χ2v) is 8.08. The van der Waals surface area contributed by atoms with Gasteiger partial charge in [0.1, 0.15) is 11.7 Å². The van der Waals surface area contributed by atoms with Gasteiger partial charge in [-0.05, 0) is 18.0 Å². The first-order valence-electron chi connectivity index (χ1n) is 9.09. The Hall–Kier alpha value is -1.97. The van der Waals surface area contributed by atoms with E-state index < -0.39 is 0 Å². The molecular formula is C19H28N6. The lowest BCUT2D eigenvalue weighted by molar-refractivity contribution is 0.129. The van der Waals surface area contributed by atoms with Crippen molar-refractivity contribution in [1.82, 2.24) is 24.3 Å². The number of nitrogens with zero attached hydrogens (tertiary/aromatic N) is 6. The maximum atomic E-state index is 9.14. The summed E-state index contributed by atoms with van der Waals surface area (Å²) in [5.74, 6) is 0.240. The van der Waals surface area contributed by atoms with Gasteiger partial charge in [-0.1, -0.05) is 27.7 Å². The molecule has 3 heterocycles. The van der Waals surface area contributed by atoms with Gasteiger partial charge in [0.25, 0.3) is 0 Å². The van der Waals surface area contributed by atoms with Gasteiger partial charge in [0.05, 0.1) is 0 Å². The highest BCUT2D eigenvalue weighted by Gasteiger charge is 2.21. The molecule has 0 amide bonds. The molecule has 2 aromatic rings. The van der Waals surface area contributed by atoms with Crippen molar-refractivity contribution in [3.8, 4) is 6.07 Å². The van der Waals surface area contributed by atoms with Crippen LogP contribution in [-0.4, -0.2) is 57.1 Å². The molecule has 1 saturated heterocycles. The van der Waals surface area contributed by atoms with Crippen LogP contribution >= 0.6 is 0 Å². The van der Waals surface area contributed by atoms with Gasteiger partial charge in [-0.3, -0.25) is 4.90 Å². The Morgan fingerprint density at radius 3 is 2.44 bits per heavy atom. The van der Waals surface area contributed by atoms with E-state index in [1.54, 1.807) is 6.20 Å². The van der Waals surface area contributed by atoms with E-state index in [1.165, 1.54) is 5.69 Å². The molecule has 0 atom stereocenters. The van der Waals surface area contributed by atoms with Gasteiger partial charge in [-0.15, -0.1) is 0 Å². The third-order valence-corrected chi connectivity index (χ3v) is 4.75. The standard InChI is InChI=1S/C19H28N6/c1-5-23-6-8-24(9-7-23)13-16-10-15-12-21-17(11-20)22-18(15)25(16)14-19(2,3)4/h10,12H,5-9,13-14H2,1-4H3. The minimum absolute atomic E-state index is 0.138. The van der Waals surface area contributed by atoms with Crippen LogP contribution in [0.15, 0.2) is 12.3 Å². The summed E-state index contributed by atoms with van der Waals surface area (Å²) in [6.07, 6.45) is 1.78. The number of fused-ring (bicyclic) bond motifs is 1. The minimum Gasteiger partial charge on any atom is -0.328 e. The maximum absolute atomic E-state index is 9.14. The van der Waals surface area contributed by atoms with E-state index >= 15 is 0 Å². The molecule has 0 spiro atoms. The van der Waals surface area contributed by atoms with Gasteiger partial charge in [-0.25, -0.2) is 9.97 Å². The van der Waals surface area contributed by atoms with Gasteiger partial charge >= 0.3 is 0 Å². The van der Waals surface area contributed by atoms with Crippen LogP contribution < -0.4 is 0 Å². The van der Waals surface area contributed by atoms with Crippen molar-refractivity contribution in [1.29, 1.82) is 5.26 Å². The summed E-state index contributed by atoms with van der Waals surface area (Å²) >= 11 is 0. The summed E-state index contributed by atoms with van der Waals surface area (Å²) in [7, 11) is 0. The summed E-state index contributed by atoms with van der Waals surface area (Å²) in [6, 6.07) is 4.25. The minimum atomic E-state index is 0.138. The van der Waals surface area contributed by atoms with E-state index in [4.69, 9.17) is 5.26 Å². The zero-order valence-electron chi connectivity index (χ0n) is 15.8. The molecule has 1 aliphatic heterocycles. The van der Waals surface area contributed by atoms with Gasteiger partial charge in [0, 0.05) is 56.5 Å². The Morgan fingerprint density at radius 1 is 1.16 bits per heavy atom. The Kier molecular flexibility index (Phi) is 5.07. The SMILES string of the molecule is CCN1CCN(Cc2cc3cnc(C#N)nc3n2CC(C)(C)C)CC1. The van der Waals surface area contributed by atoms with Crippen molar-refractivity contribution in [2.45, 2.75) is 40.8 Å². The van der Waals surface area contributed by atoms with Crippen LogP contribution in [0.2, 0.25) is 0 Å². The van der Waals surface area contributed by atoms with Gasteiger partial charge < -0.3 is 9.47 Å². The van der Waals surface area contributed by atoms with Gasteiger partial charge in [0.15, 0.2) is 0 Å². The molecule has 0 radical (unpaired) electrons. The number of hydrogen-bond donors (Lipinski definition) is 0. The fourth-order valence-corrected chi connectivity index (χ4v) is 3.42. The van der Waals surface area contributed by atoms with E-state index in [0.29, 0.717) is 0 Å². The molecule has 0 N–H and O–H groups in total. The highest BCUT2D eigenvalue weighted by Crippen LogP contribution is 2.25. The number of likely N-dealkylation sites (N-methyl/N-ethyl adjacent to an activating group) is 1. The molecule has 0 unspecified atom stereocenters. The second kappa shape index (κ2) is 7.11. The first-order chi connectivity index (χ1) is 11.9. The van der Waals surface area contributed by atoms with Crippen LogP contribution in [0.5, 0.6) is 0 Å². The van der Waals surface area contributed by atoms with Crippen LogP contribution in [0.3, 0.4) is 0 Å². The summed E-state index contributed by atoms with van der Waals surface area (Å²) in [6.45, 7) is 16.3. The van der Waals surface area contributed by atoms with Gasteiger partial charge in [-0.2, -0.15) is 5.26 Å². The first kappa shape index (κ1) is 17.8. The Balaban J connectivity index is 1.91. The molecule has 6 heteroatoms. The Labute approximate surface area is 150 Å². The molecule has 0 saturated carbocycles. The first-order valence-corrected chi connectivity index (χ1v) is 9.09. The zero-order chi connectivity index (χ0) is 18.0. The van der Waals surface area contributed by atoms with E-state index in [9.17, 15) is 0 Å². The Morgan fingerprint density at radius 2 is 1.84 bits per heavy atom. The molecule has 0 bridgehead atoms. The number of piperazine rings is 1. The van der Waals surface area contributed by atoms with Crippen molar-refractivity contribution in [3.63, 3.8) is 0 Å².